The van der Waals surface area contributed by atoms with Crippen LogP contribution in [0.1, 0.15) is 58.7 Å². The summed E-state index contributed by atoms with van der Waals surface area (Å²) in [5, 5.41) is 3.38. The lowest BCUT2D eigenvalue weighted by Gasteiger charge is -2.42. The first-order chi connectivity index (χ1) is 16.6. The van der Waals surface area contributed by atoms with Gasteiger partial charge in [-0.3, -0.25) is 14.7 Å². The first-order valence-corrected chi connectivity index (χ1v) is 12.7. The Morgan fingerprint density at radius 1 is 1.06 bits per heavy atom. The maximum absolute atomic E-state index is 12.3. The van der Waals surface area contributed by atoms with Crippen molar-refractivity contribution in [2.24, 2.45) is 5.92 Å². The van der Waals surface area contributed by atoms with Crippen molar-refractivity contribution < 1.29 is 9.53 Å². The molecule has 2 fully saturated rings. The molecule has 0 unspecified atom stereocenters. The predicted octanol–water partition coefficient (Wildman–Crippen LogP) is 4.55. The molecule has 0 saturated carbocycles. The van der Waals surface area contributed by atoms with E-state index in [0.717, 1.165) is 32.7 Å². The minimum atomic E-state index is -0.350. The van der Waals surface area contributed by atoms with Gasteiger partial charge < -0.3 is 10.1 Å². The number of cyclic esters (lactones) is 1. The number of carbonyl (C=O) groups excluding carboxylic acids is 1. The van der Waals surface area contributed by atoms with Gasteiger partial charge in [-0.25, -0.2) is 9.78 Å². The van der Waals surface area contributed by atoms with Gasteiger partial charge in [-0.05, 0) is 50.8 Å². The van der Waals surface area contributed by atoms with Gasteiger partial charge >= 0.3 is 6.09 Å². The van der Waals surface area contributed by atoms with Crippen molar-refractivity contribution in [2.45, 2.75) is 65.7 Å². The van der Waals surface area contributed by atoms with Crippen molar-refractivity contribution >= 4 is 17.9 Å². The monoisotopic (exact) mass is 480 g/mol. The number of nitrogens with one attached hydrogen (secondary N) is 1. The van der Waals surface area contributed by atoms with Gasteiger partial charge in [-0.15, -0.1) is 0 Å². The van der Waals surface area contributed by atoms with Crippen LogP contribution in [0.3, 0.4) is 0 Å². The fourth-order valence-corrected chi connectivity index (χ4v) is 4.77. The second-order valence-corrected chi connectivity index (χ2v) is 11.0. The summed E-state index contributed by atoms with van der Waals surface area (Å²) >= 11 is 0. The molecule has 1 N–H and O–H groups in total. The fraction of sp³-hybridized carbons (Fsp3) is 0.593. The van der Waals surface area contributed by atoms with E-state index < -0.39 is 0 Å². The van der Waals surface area contributed by atoms with Crippen molar-refractivity contribution in [3.63, 3.8) is 0 Å². The summed E-state index contributed by atoms with van der Waals surface area (Å²) in [7, 11) is 0. The van der Waals surface area contributed by atoms with Gasteiger partial charge in [0, 0.05) is 44.5 Å². The van der Waals surface area contributed by atoms with E-state index in [2.05, 4.69) is 90.9 Å². The number of ether oxygens (including phenoxy) is 1. The molecular formula is C27H40N6O2. The Morgan fingerprint density at radius 3 is 2.37 bits per heavy atom. The number of carbonyl (C=O) groups is 1. The Kier molecular flexibility index (Phi) is 7.62. The third-order valence-electron chi connectivity index (χ3n) is 7.12. The number of piperazine rings is 1. The van der Waals surface area contributed by atoms with Crippen LogP contribution >= 0.6 is 0 Å². The van der Waals surface area contributed by atoms with Gasteiger partial charge in [0.25, 0.3) is 0 Å². The summed E-state index contributed by atoms with van der Waals surface area (Å²) in [4.78, 5) is 28.0. The smallest absolute Gasteiger partial charge is 0.415 e. The Bertz CT molecular complexity index is 995. The predicted molar refractivity (Wildman–Crippen MR) is 140 cm³/mol. The quantitative estimate of drug-likeness (QED) is 0.623. The zero-order valence-electron chi connectivity index (χ0n) is 22.0. The number of rotatable bonds is 7. The molecule has 35 heavy (non-hydrogen) atoms. The first-order valence-electron chi connectivity index (χ1n) is 12.7. The van der Waals surface area contributed by atoms with Crippen LogP contribution in [0.2, 0.25) is 0 Å². The van der Waals surface area contributed by atoms with Gasteiger partial charge in [0.15, 0.2) is 0 Å². The summed E-state index contributed by atoms with van der Waals surface area (Å²) in [6, 6.07) is 10.5. The molecule has 0 bridgehead atoms. The zero-order valence-corrected chi connectivity index (χ0v) is 22.0. The van der Waals surface area contributed by atoms with Gasteiger partial charge in [0.1, 0.15) is 12.4 Å². The van der Waals surface area contributed by atoms with Crippen molar-refractivity contribution in [3.8, 4) is 0 Å². The second-order valence-electron chi connectivity index (χ2n) is 11.0. The standard InChI is InChI=1S/C27H40N6O2/c1-19(2)23-18-35-26(34)33(23)24-11-12-28-25(30-24)29-20(3)22-9-7-21(8-10-22)17-31-13-15-32(16-14-31)27(4,5)6/h7-12,19-20,23H,13-18H2,1-6H3,(H,28,29,30)/t20-,23+/m0/s1. The SMILES string of the molecule is CC(C)[C@H]1COC(=O)N1c1ccnc(N[C@@H](C)c2ccc(CN3CCN(C(C)(C)C)CC3)cc2)n1. The lowest BCUT2D eigenvalue weighted by Crippen LogP contribution is -2.53. The fourth-order valence-electron chi connectivity index (χ4n) is 4.77. The second kappa shape index (κ2) is 10.5. The van der Waals surface area contributed by atoms with Crippen LogP contribution in [0.15, 0.2) is 36.5 Å². The third-order valence-corrected chi connectivity index (χ3v) is 7.12. The largest absolute Gasteiger partial charge is 0.447 e. The summed E-state index contributed by atoms with van der Waals surface area (Å²) < 4.78 is 5.27. The Labute approximate surface area is 209 Å². The Balaban J connectivity index is 1.35. The maximum atomic E-state index is 12.3. The molecule has 0 radical (unpaired) electrons. The number of nitrogens with zero attached hydrogens (tertiary/aromatic N) is 5. The normalized spacial score (nSPS) is 20.8. The summed E-state index contributed by atoms with van der Waals surface area (Å²) in [6.45, 7) is 18.9. The Morgan fingerprint density at radius 2 is 1.74 bits per heavy atom. The van der Waals surface area contributed by atoms with Gasteiger partial charge in [-0.1, -0.05) is 38.1 Å². The van der Waals surface area contributed by atoms with Crippen molar-refractivity contribution in [1.82, 2.24) is 19.8 Å². The molecule has 8 nitrogen and oxygen atoms in total. The van der Waals surface area contributed by atoms with Crippen molar-refractivity contribution in [2.75, 3.05) is 43.0 Å². The number of hydrogen-bond acceptors (Lipinski definition) is 7. The highest BCUT2D eigenvalue weighted by Gasteiger charge is 2.37. The van der Waals surface area contributed by atoms with E-state index in [9.17, 15) is 4.79 Å². The van der Waals surface area contributed by atoms with E-state index in [1.165, 1.54) is 11.1 Å². The van der Waals surface area contributed by atoms with Crippen LogP contribution in [0.5, 0.6) is 0 Å². The van der Waals surface area contributed by atoms with E-state index in [1.54, 1.807) is 17.2 Å². The van der Waals surface area contributed by atoms with E-state index >= 15 is 0 Å². The average Bonchev–Trinajstić information content (AvgIpc) is 3.21. The highest BCUT2D eigenvalue weighted by atomic mass is 16.6. The third kappa shape index (κ3) is 6.11. The van der Waals surface area contributed by atoms with Crippen molar-refractivity contribution in [3.05, 3.63) is 47.7 Å². The Hall–Kier alpha value is -2.71. The highest BCUT2D eigenvalue weighted by molar-refractivity contribution is 5.89. The molecule has 0 aliphatic carbocycles. The maximum Gasteiger partial charge on any atom is 0.415 e. The number of hydrogen-bond donors (Lipinski definition) is 1. The number of amides is 1. The summed E-state index contributed by atoms with van der Waals surface area (Å²) in [5.41, 5.74) is 2.74. The number of aromatic nitrogens is 2. The molecule has 3 heterocycles. The zero-order chi connectivity index (χ0) is 25.2. The van der Waals surface area contributed by atoms with Gasteiger partial charge in [0.05, 0.1) is 12.1 Å². The van der Waals surface area contributed by atoms with Crippen LogP contribution in [-0.2, 0) is 11.3 Å². The molecule has 1 aromatic carbocycles. The van der Waals surface area contributed by atoms with E-state index in [-0.39, 0.29) is 29.6 Å². The van der Waals surface area contributed by atoms with Crippen LogP contribution in [0.4, 0.5) is 16.6 Å². The number of anilines is 2. The highest BCUT2D eigenvalue weighted by Crippen LogP contribution is 2.27. The molecule has 8 heteroatoms. The topological polar surface area (TPSA) is 73.8 Å². The van der Waals surface area contributed by atoms with E-state index in [0.29, 0.717) is 18.4 Å². The molecule has 4 rings (SSSR count). The van der Waals surface area contributed by atoms with Crippen LogP contribution in [-0.4, -0.2) is 70.2 Å². The lowest BCUT2D eigenvalue weighted by molar-refractivity contribution is 0.0591. The first kappa shape index (κ1) is 25.4. The molecular weight excluding hydrogens is 440 g/mol. The molecule has 0 spiro atoms. The van der Waals surface area contributed by atoms with Gasteiger partial charge in [-0.2, -0.15) is 4.98 Å². The van der Waals surface area contributed by atoms with Crippen LogP contribution in [0, 0.1) is 5.92 Å². The summed E-state index contributed by atoms with van der Waals surface area (Å²) in [6.07, 6.45) is 1.33. The molecule has 2 aliphatic heterocycles. The summed E-state index contributed by atoms with van der Waals surface area (Å²) in [5.74, 6) is 1.34. The van der Waals surface area contributed by atoms with Crippen LogP contribution < -0.4 is 10.2 Å². The lowest BCUT2D eigenvalue weighted by atomic mass is 10.0. The van der Waals surface area contributed by atoms with Crippen LogP contribution in [0.25, 0.3) is 0 Å². The molecule has 2 atom stereocenters. The van der Waals surface area contributed by atoms with Gasteiger partial charge in [0.2, 0.25) is 5.95 Å². The molecule has 1 aromatic heterocycles. The minimum Gasteiger partial charge on any atom is -0.447 e. The van der Waals surface area contributed by atoms with E-state index in [1.807, 2.05) is 0 Å². The number of benzene rings is 1. The van der Waals surface area contributed by atoms with Crippen molar-refractivity contribution in [1.29, 1.82) is 0 Å². The molecule has 2 aromatic rings. The van der Waals surface area contributed by atoms with E-state index in [4.69, 9.17) is 4.74 Å². The molecule has 1 amide bonds. The molecule has 2 saturated heterocycles. The minimum absolute atomic E-state index is 0.0216. The average molecular weight is 481 g/mol. The molecule has 2 aliphatic rings. The molecule has 190 valence electrons.